The number of allylic oxidation sites excluding steroid dienone is 1. The van der Waals surface area contributed by atoms with Gasteiger partial charge >= 0.3 is 0 Å². The number of benzene rings is 1. The van der Waals surface area contributed by atoms with E-state index in [-0.39, 0.29) is 0 Å². The van der Waals surface area contributed by atoms with E-state index in [9.17, 15) is 4.57 Å². The monoisotopic (exact) mass is 279 g/mol. The van der Waals surface area contributed by atoms with Crippen LogP contribution in [0.3, 0.4) is 0 Å². The molecule has 0 bridgehead atoms. The van der Waals surface area contributed by atoms with E-state index in [4.69, 9.17) is 4.52 Å². The largest absolute Gasteiger partial charge is 0.317 e. The van der Waals surface area contributed by atoms with E-state index >= 15 is 0 Å². The Morgan fingerprint density at radius 1 is 1.26 bits per heavy atom. The van der Waals surface area contributed by atoms with Crippen molar-refractivity contribution in [3.05, 3.63) is 61.2 Å². The Morgan fingerprint density at radius 3 is 2.47 bits per heavy atom. The maximum absolute atomic E-state index is 12.9. The molecule has 0 aliphatic rings. The van der Waals surface area contributed by atoms with Crippen LogP contribution in [0, 0.1) is 0 Å². The van der Waals surface area contributed by atoms with Crippen LogP contribution in [0.4, 0.5) is 0 Å². The standard InChI is InChI=1S/C15H22NO2P/c1-4-12-16(14-15-10-8-7-9-11-15)19(17,13-5-2)18-6-3/h4-5,7-11H,1-2,6,12-14H2,3H3. The molecule has 0 spiro atoms. The third-order valence-electron chi connectivity index (χ3n) is 2.67. The van der Waals surface area contributed by atoms with Gasteiger partial charge in [0.05, 0.1) is 12.8 Å². The maximum atomic E-state index is 12.9. The lowest BCUT2D eigenvalue weighted by molar-refractivity contribution is 0.277. The van der Waals surface area contributed by atoms with Gasteiger partial charge in [0.2, 0.25) is 0 Å². The Hall–Kier alpha value is -1.15. The fourth-order valence-electron chi connectivity index (χ4n) is 1.85. The summed E-state index contributed by atoms with van der Waals surface area (Å²) in [7, 11) is -2.87. The second-order valence-corrected chi connectivity index (χ2v) is 6.61. The Morgan fingerprint density at radius 2 is 1.95 bits per heavy atom. The quantitative estimate of drug-likeness (QED) is 0.503. The minimum atomic E-state index is -2.87. The first kappa shape index (κ1) is 15.9. The SMILES string of the molecule is C=CCN(Cc1ccccc1)P(=O)(CC=C)OCC. The number of nitrogens with zero attached hydrogens (tertiary/aromatic N) is 1. The Kier molecular flexibility index (Phi) is 6.79. The van der Waals surface area contributed by atoms with Crippen LogP contribution < -0.4 is 0 Å². The lowest BCUT2D eigenvalue weighted by atomic mass is 10.2. The molecule has 4 heteroatoms. The third kappa shape index (κ3) is 4.79. The van der Waals surface area contributed by atoms with Crippen LogP contribution >= 0.6 is 7.52 Å². The maximum Gasteiger partial charge on any atom is 0.276 e. The van der Waals surface area contributed by atoms with E-state index in [1.165, 1.54) is 0 Å². The van der Waals surface area contributed by atoms with Gasteiger partial charge in [0.25, 0.3) is 7.52 Å². The molecule has 0 aromatic heterocycles. The van der Waals surface area contributed by atoms with Crippen LogP contribution in [0.2, 0.25) is 0 Å². The van der Waals surface area contributed by atoms with Gasteiger partial charge < -0.3 is 4.52 Å². The van der Waals surface area contributed by atoms with Crippen LogP contribution in [-0.2, 0) is 15.6 Å². The molecule has 0 fully saturated rings. The number of hydrogen-bond acceptors (Lipinski definition) is 2. The predicted molar refractivity (Wildman–Crippen MR) is 81.3 cm³/mol. The second kappa shape index (κ2) is 8.11. The summed E-state index contributed by atoms with van der Waals surface area (Å²) in [6, 6.07) is 9.94. The van der Waals surface area contributed by atoms with Crippen molar-refractivity contribution in [1.29, 1.82) is 0 Å². The topological polar surface area (TPSA) is 29.5 Å². The van der Waals surface area contributed by atoms with Gasteiger partial charge in [-0.25, -0.2) is 4.67 Å². The van der Waals surface area contributed by atoms with Crippen LogP contribution in [0.15, 0.2) is 55.6 Å². The highest BCUT2D eigenvalue weighted by Crippen LogP contribution is 2.51. The molecule has 0 saturated carbocycles. The fourth-order valence-corrected chi connectivity index (χ4v) is 3.83. The Bertz CT molecular complexity index is 445. The van der Waals surface area contributed by atoms with Gasteiger partial charge in [-0.2, -0.15) is 0 Å². The summed E-state index contributed by atoms with van der Waals surface area (Å²) in [5, 5.41) is 0. The summed E-state index contributed by atoms with van der Waals surface area (Å²) in [6.45, 7) is 10.8. The molecule has 0 saturated heterocycles. The molecule has 1 aromatic carbocycles. The first-order valence-corrected chi connectivity index (χ1v) is 8.17. The molecule has 0 N–H and O–H groups in total. The van der Waals surface area contributed by atoms with E-state index < -0.39 is 7.52 Å². The Balaban J connectivity index is 2.93. The average Bonchev–Trinajstić information content (AvgIpc) is 2.40. The van der Waals surface area contributed by atoms with Crippen molar-refractivity contribution in [2.75, 3.05) is 19.3 Å². The van der Waals surface area contributed by atoms with Gasteiger partial charge in [-0.1, -0.05) is 42.5 Å². The summed E-state index contributed by atoms with van der Waals surface area (Å²) in [6.07, 6.45) is 3.75. The van der Waals surface area contributed by atoms with Gasteiger partial charge in [-0.05, 0) is 12.5 Å². The smallest absolute Gasteiger partial charge is 0.276 e. The molecule has 1 unspecified atom stereocenters. The lowest BCUT2D eigenvalue weighted by Gasteiger charge is -2.29. The zero-order valence-electron chi connectivity index (χ0n) is 11.5. The predicted octanol–water partition coefficient (Wildman–Crippen LogP) is 4.09. The number of rotatable bonds is 9. The molecule has 0 radical (unpaired) electrons. The first-order valence-electron chi connectivity index (χ1n) is 6.41. The van der Waals surface area contributed by atoms with Gasteiger partial charge in [0.15, 0.2) is 0 Å². The zero-order chi connectivity index (χ0) is 14.1. The molecular weight excluding hydrogens is 257 g/mol. The highest BCUT2D eigenvalue weighted by Gasteiger charge is 2.29. The highest BCUT2D eigenvalue weighted by molar-refractivity contribution is 7.56. The van der Waals surface area contributed by atoms with Crippen molar-refractivity contribution in [1.82, 2.24) is 4.67 Å². The van der Waals surface area contributed by atoms with Gasteiger partial charge in [0, 0.05) is 13.1 Å². The molecule has 0 aliphatic heterocycles. The van der Waals surface area contributed by atoms with Crippen LogP contribution in [-0.4, -0.2) is 24.0 Å². The normalized spacial score (nSPS) is 14.0. The highest BCUT2D eigenvalue weighted by atomic mass is 31.2. The van der Waals surface area contributed by atoms with Crippen molar-refractivity contribution in [3.63, 3.8) is 0 Å². The van der Waals surface area contributed by atoms with Crippen LogP contribution in [0.25, 0.3) is 0 Å². The van der Waals surface area contributed by atoms with Crippen LogP contribution in [0.5, 0.6) is 0 Å². The summed E-state index contributed by atoms with van der Waals surface area (Å²) in [4.78, 5) is 0. The van der Waals surface area contributed by atoms with Crippen molar-refractivity contribution in [2.24, 2.45) is 0 Å². The summed E-state index contributed by atoms with van der Waals surface area (Å²) in [5.74, 6) is 0. The van der Waals surface area contributed by atoms with E-state index in [1.807, 2.05) is 41.9 Å². The van der Waals surface area contributed by atoms with Crippen molar-refractivity contribution < 1.29 is 9.09 Å². The summed E-state index contributed by atoms with van der Waals surface area (Å²) < 4.78 is 20.3. The fraction of sp³-hybridized carbons (Fsp3) is 0.333. The van der Waals surface area contributed by atoms with Gasteiger partial charge in [0.1, 0.15) is 0 Å². The number of hydrogen-bond donors (Lipinski definition) is 0. The van der Waals surface area contributed by atoms with E-state index in [0.29, 0.717) is 25.9 Å². The molecule has 0 aliphatic carbocycles. The van der Waals surface area contributed by atoms with E-state index in [0.717, 1.165) is 5.56 Å². The third-order valence-corrected chi connectivity index (χ3v) is 5.22. The van der Waals surface area contributed by atoms with Crippen LogP contribution in [0.1, 0.15) is 12.5 Å². The molecule has 1 rings (SSSR count). The first-order chi connectivity index (χ1) is 9.16. The van der Waals surface area contributed by atoms with Crippen molar-refractivity contribution >= 4 is 7.52 Å². The molecule has 3 nitrogen and oxygen atoms in total. The second-order valence-electron chi connectivity index (χ2n) is 4.15. The molecule has 1 aromatic rings. The average molecular weight is 279 g/mol. The van der Waals surface area contributed by atoms with Crippen molar-refractivity contribution in [2.45, 2.75) is 13.5 Å². The van der Waals surface area contributed by atoms with E-state index in [1.54, 1.807) is 12.2 Å². The molecule has 104 valence electrons. The minimum absolute atomic E-state index is 0.349. The molecule has 1 atom stereocenters. The molecule has 0 amide bonds. The summed E-state index contributed by atoms with van der Waals surface area (Å²) >= 11 is 0. The lowest BCUT2D eigenvalue weighted by Crippen LogP contribution is -2.23. The summed E-state index contributed by atoms with van der Waals surface area (Å²) in [5.41, 5.74) is 1.10. The molecular formula is C15H22NO2P. The van der Waals surface area contributed by atoms with Gasteiger partial charge in [-0.3, -0.25) is 4.57 Å². The zero-order valence-corrected chi connectivity index (χ0v) is 12.4. The van der Waals surface area contributed by atoms with Gasteiger partial charge in [-0.15, -0.1) is 13.2 Å². The molecule has 19 heavy (non-hydrogen) atoms. The molecule has 0 heterocycles. The Labute approximate surface area is 116 Å². The van der Waals surface area contributed by atoms with Crippen molar-refractivity contribution in [3.8, 4) is 0 Å². The van der Waals surface area contributed by atoms with E-state index in [2.05, 4.69) is 13.2 Å². The minimum Gasteiger partial charge on any atom is -0.317 e.